The maximum atomic E-state index is 5.33. The first-order chi connectivity index (χ1) is 7.24. The molecule has 1 rings (SSSR count). The van der Waals surface area contributed by atoms with Crippen molar-refractivity contribution < 1.29 is 4.74 Å². The Kier molecular flexibility index (Phi) is 6.26. The molecule has 1 unspecified atom stereocenters. The van der Waals surface area contributed by atoms with Gasteiger partial charge in [-0.15, -0.1) is 0 Å². The minimum absolute atomic E-state index is 0.733. The van der Waals surface area contributed by atoms with E-state index in [1.54, 1.807) is 0 Å². The van der Waals surface area contributed by atoms with Crippen LogP contribution in [0.3, 0.4) is 0 Å². The van der Waals surface area contributed by atoms with E-state index in [2.05, 4.69) is 19.2 Å². The maximum absolute atomic E-state index is 5.33. The lowest BCUT2D eigenvalue weighted by Crippen LogP contribution is -2.32. The van der Waals surface area contributed by atoms with Crippen molar-refractivity contribution in [2.45, 2.75) is 39.5 Å². The molecule has 1 N–H and O–H groups in total. The Bertz CT molecular complexity index is 153. The highest BCUT2D eigenvalue weighted by Crippen LogP contribution is 2.31. The van der Waals surface area contributed by atoms with Gasteiger partial charge < -0.3 is 10.1 Å². The van der Waals surface area contributed by atoms with Crippen molar-refractivity contribution in [2.24, 2.45) is 17.8 Å². The van der Waals surface area contributed by atoms with Gasteiger partial charge in [-0.05, 0) is 24.3 Å². The lowest BCUT2D eigenvalue weighted by Gasteiger charge is -2.23. The third-order valence-corrected chi connectivity index (χ3v) is 3.41. The van der Waals surface area contributed by atoms with Crippen LogP contribution in [0.2, 0.25) is 0 Å². The van der Waals surface area contributed by atoms with Crippen molar-refractivity contribution in [3.05, 3.63) is 0 Å². The van der Waals surface area contributed by atoms with Crippen LogP contribution in [0.5, 0.6) is 0 Å². The molecule has 15 heavy (non-hydrogen) atoms. The fourth-order valence-electron chi connectivity index (χ4n) is 2.56. The summed E-state index contributed by atoms with van der Waals surface area (Å²) < 4.78 is 5.33. The van der Waals surface area contributed by atoms with E-state index < -0.39 is 0 Å². The highest BCUT2D eigenvalue weighted by molar-refractivity contribution is 4.77. The van der Waals surface area contributed by atoms with E-state index in [1.807, 2.05) is 7.11 Å². The van der Waals surface area contributed by atoms with Crippen molar-refractivity contribution >= 4 is 0 Å². The quantitative estimate of drug-likeness (QED) is 0.702. The molecule has 1 atom stereocenters. The number of hydrogen-bond acceptors (Lipinski definition) is 2. The van der Waals surface area contributed by atoms with Crippen molar-refractivity contribution in [3.63, 3.8) is 0 Å². The second kappa shape index (κ2) is 7.24. The molecule has 0 aromatic carbocycles. The van der Waals surface area contributed by atoms with E-state index in [-0.39, 0.29) is 0 Å². The largest absolute Gasteiger partial charge is 0.384 e. The first-order valence-electron chi connectivity index (χ1n) is 6.43. The molecule has 0 saturated heterocycles. The number of nitrogens with one attached hydrogen (secondary N) is 1. The van der Waals surface area contributed by atoms with Crippen LogP contribution in [0.15, 0.2) is 0 Å². The van der Waals surface area contributed by atoms with Crippen LogP contribution in [0, 0.1) is 17.8 Å². The Morgan fingerprint density at radius 2 is 1.87 bits per heavy atom. The zero-order chi connectivity index (χ0) is 11.1. The molecule has 0 amide bonds. The second-order valence-corrected chi connectivity index (χ2v) is 5.31. The van der Waals surface area contributed by atoms with Gasteiger partial charge in [-0.25, -0.2) is 0 Å². The summed E-state index contributed by atoms with van der Waals surface area (Å²) in [4.78, 5) is 0. The summed E-state index contributed by atoms with van der Waals surface area (Å²) in [5, 5.41) is 3.57. The van der Waals surface area contributed by atoms with Gasteiger partial charge in [-0.2, -0.15) is 0 Å². The Labute approximate surface area is 94.8 Å². The van der Waals surface area contributed by atoms with Crippen LogP contribution in [0.4, 0.5) is 0 Å². The summed E-state index contributed by atoms with van der Waals surface area (Å²) in [6.07, 6.45) is 5.68. The predicted octanol–water partition coefficient (Wildman–Crippen LogP) is 2.68. The van der Waals surface area contributed by atoms with Gasteiger partial charge in [0.05, 0.1) is 6.61 Å². The first kappa shape index (κ1) is 13.0. The zero-order valence-corrected chi connectivity index (χ0v) is 10.6. The fourth-order valence-corrected chi connectivity index (χ4v) is 2.56. The van der Waals surface area contributed by atoms with Crippen LogP contribution in [-0.2, 0) is 4.74 Å². The Balaban J connectivity index is 2.23. The van der Waals surface area contributed by atoms with Crippen LogP contribution in [0.25, 0.3) is 0 Å². The molecule has 0 heterocycles. The van der Waals surface area contributed by atoms with Gasteiger partial charge in [-0.3, -0.25) is 0 Å². The molecule has 2 nitrogen and oxygen atoms in total. The van der Waals surface area contributed by atoms with Gasteiger partial charge in [0.25, 0.3) is 0 Å². The molecule has 0 bridgehead atoms. The van der Waals surface area contributed by atoms with Gasteiger partial charge in [0.1, 0.15) is 0 Å². The number of ether oxygens (including phenoxy) is 1. The Morgan fingerprint density at radius 1 is 1.20 bits per heavy atom. The van der Waals surface area contributed by atoms with Crippen LogP contribution in [-0.4, -0.2) is 26.8 Å². The van der Waals surface area contributed by atoms with Gasteiger partial charge in [0.2, 0.25) is 0 Å². The van der Waals surface area contributed by atoms with E-state index in [0.717, 1.165) is 37.5 Å². The monoisotopic (exact) mass is 213 g/mol. The molecular weight excluding hydrogens is 186 g/mol. The molecule has 1 aliphatic carbocycles. The Morgan fingerprint density at radius 3 is 2.40 bits per heavy atom. The maximum Gasteiger partial charge on any atom is 0.0505 e. The molecule has 1 saturated carbocycles. The van der Waals surface area contributed by atoms with Gasteiger partial charge in [-0.1, -0.05) is 39.5 Å². The van der Waals surface area contributed by atoms with E-state index in [1.165, 1.54) is 25.7 Å². The molecule has 0 aliphatic heterocycles. The van der Waals surface area contributed by atoms with E-state index in [0.29, 0.717) is 0 Å². The minimum Gasteiger partial charge on any atom is -0.384 e. The van der Waals surface area contributed by atoms with Crippen molar-refractivity contribution in [1.29, 1.82) is 0 Å². The topological polar surface area (TPSA) is 21.3 Å². The van der Waals surface area contributed by atoms with E-state index in [4.69, 9.17) is 4.74 Å². The summed E-state index contributed by atoms with van der Waals surface area (Å²) in [7, 11) is 1.82. The summed E-state index contributed by atoms with van der Waals surface area (Å²) in [6, 6.07) is 0. The van der Waals surface area contributed by atoms with Crippen molar-refractivity contribution in [1.82, 2.24) is 5.32 Å². The van der Waals surface area contributed by atoms with Crippen molar-refractivity contribution in [2.75, 3.05) is 26.8 Å². The third kappa shape index (κ3) is 4.98. The lowest BCUT2D eigenvalue weighted by molar-refractivity contribution is 0.119. The van der Waals surface area contributed by atoms with Gasteiger partial charge in [0.15, 0.2) is 0 Å². The summed E-state index contributed by atoms with van der Waals surface area (Å²) in [5.74, 6) is 2.39. The number of hydrogen-bond donors (Lipinski definition) is 1. The average Bonchev–Trinajstić information content (AvgIpc) is 2.68. The molecular formula is C13H27NO. The molecule has 0 radical (unpaired) electrons. The SMILES string of the molecule is COCC(CNCC(C)C)C1CCCC1. The standard InChI is InChI=1S/C13H27NO/c1-11(2)8-14-9-13(10-15-3)12-6-4-5-7-12/h11-14H,4-10H2,1-3H3. The molecule has 1 aliphatic rings. The summed E-state index contributed by atoms with van der Waals surface area (Å²) >= 11 is 0. The lowest BCUT2D eigenvalue weighted by atomic mass is 9.91. The van der Waals surface area contributed by atoms with Crippen molar-refractivity contribution in [3.8, 4) is 0 Å². The predicted molar refractivity (Wildman–Crippen MR) is 65.0 cm³/mol. The van der Waals surface area contributed by atoms with E-state index >= 15 is 0 Å². The van der Waals surface area contributed by atoms with Crippen LogP contribution < -0.4 is 5.32 Å². The zero-order valence-electron chi connectivity index (χ0n) is 10.6. The van der Waals surface area contributed by atoms with Crippen LogP contribution >= 0.6 is 0 Å². The third-order valence-electron chi connectivity index (χ3n) is 3.41. The molecule has 90 valence electrons. The minimum atomic E-state index is 0.733. The summed E-state index contributed by atoms with van der Waals surface area (Å²) in [6.45, 7) is 7.71. The highest BCUT2D eigenvalue weighted by Gasteiger charge is 2.24. The van der Waals surface area contributed by atoms with Gasteiger partial charge >= 0.3 is 0 Å². The van der Waals surface area contributed by atoms with Gasteiger partial charge in [0, 0.05) is 13.7 Å². The molecule has 1 fully saturated rings. The second-order valence-electron chi connectivity index (χ2n) is 5.31. The molecule has 2 heteroatoms. The number of methoxy groups -OCH3 is 1. The highest BCUT2D eigenvalue weighted by atomic mass is 16.5. The number of rotatable bonds is 7. The fraction of sp³-hybridized carbons (Fsp3) is 1.00. The van der Waals surface area contributed by atoms with E-state index in [9.17, 15) is 0 Å². The summed E-state index contributed by atoms with van der Waals surface area (Å²) in [5.41, 5.74) is 0. The van der Waals surface area contributed by atoms with Crippen LogP contribution in [0.1, 0.15) is 39.5 Å². The smallest absolute Gasteiger partial charge is 0.0505 e. The average molecular weight is 213 g/mol. The normalized spacial score (nSPS) is 20.0. The Hall–Kier alpha value is -0.0800. The molecule has 0 aromatic heterocycles. The molecule has 0 spiro atoms. The molecule has 0 aromatic rings. The first-order valence-corrected chi connectivity index (χ1v) is 6.43.